The molecule has 0 aromatic carbocycles. The zero-order chi connectivity index (χ0) is 23.1. The average molecular weight is 452 g/mol. The number of rotatable bonds is 10. The number of thiophene rings is 1. The summed E-state index contributed by atoms with van der Waals surface area (Å²) >= 11 is 0.862. The highest BCUT2D eigenvalue weighted by Crippen LogP contribution is 2.40. The second-order valence-electron chi connectivity index (χ2n) is 6.43. The SMILES string of the molecule is CCCCC(=O)N[C@@](Nc1sc(C)c(CC)c1C(=O)OC)(C(=O)OCC)C(F)(F)F. The molecule has 170 valence electrons. The van der Waals surface area contributed by atoms with Crippen molar-refractivity contribution < 1.29 is 37.0 Å². The van der Waals surface area contributed by atoms with Crippen LogP contribution in [-0.2, 0) is 25.5 Å². The maximum absolute atomic E-state index is 14.2. The number of hydrogen-bond acceptors (Lipinski definition) is 7. The van der Waals surface area contributed by atoms with Gasteiger partial charge in [-0.25, -0.2) is 9.59 Å². The van der Waals surface area contributed by atoms with E-state index in [2.05, 4.69) is 10.1 Å². The smallest absolute Gasteiger partial charge is 0.441 e. The van der Waals surface area contributed by atoms with E-state index in [1.165, 1.54) is 6.92 Å². The lowest BCUT2D eigenvalue weighted by atomic mass is 10.1. The lowest BCUT2D eigenvalue weighted by Crippen LogP contribution is -2.69. The van der Waals surface area contributed by atoms with Crippen LogP contribution in [-0.4, -0.2) is 43.4 Å². The predicted molar refractivity (Wildman–Crippen MR) is 106 cm³/mol. The number of alkyl halides is 3. The van der Waals surface area contributed by atoms with Crippen LogP contribution in [0.3, 0.4) is 0 Å². The number of unbranched alkanes of at least 4 members (excludes halogenated alkanes) is 1. The van der Waals surface area contributed by atoms with E-state index in [1.807, 2.05) is 0 Å². The molecule has 30 heavy (non-hydrogen) atoms. The zero-order valence-corrected chi connectivity index (χ0v) is 18.4. The minimum atomic E-state index is -5.27. The summed E-state index contributed by atoms with van der Waals surface area (Å²) in [7, 11) is 1.10. The summed E-state index contributed by atoms with van der Waals surface area (Å²) in [6, 6.07) is 0. The molecule has 1 heterocycles. The van der Waals surface area contributed by atoms with E-state index >= 15 is 0 Å². The highest BCUT2D eigenvalue weighted by Gasteiger charge is 2.64. The number of methoxy groups -OCH3 is 1. The third-order valence-electron chi connectivity index (χ3n) is 4.34. The largest absolute Gasteiger partial charge is 0.465 e. The fourth-order valence-corrected chi connectivity index (χ4v) is 4.01. The summed E-state index contributed by atoms with van der Waals surface area (Å²) in [6.45, 7) is 6.16. The molecule has 0 aliphatic heterocycles. The number of carbonyl (C=O) groups is 3. The molecule has 1 amide bonds. The summed E-state index contributed by atoms with van der Waals surface area (Å²) in [6.07, 6.45) is -4.19. The van der Waals surface area contributed by atoms with Crippen LogP contribution < -0.4 is 10.6 Å². The van der Waals surface area contributed by atoms with Gasteiger partial charge >= 0.3 is 23.8 Å². The summed E-state index contributed by atoms with van der Waals surface area (Å²) in [5.74, 6) is -3.54. The molecule has 1 aromatic heterocycles. The quantitative estimate of drug-likeness (QED) is 0.413. The van der Waals surface area contributed by atoms with Crippen LogP contribution in [0.15, 0.2) is 0 Å². The number of aryl methyl sites for hydroxylation is 1. The molecule has 0 radical (unpaired) electrons. The molecule has 1 atom stereocenters. The topological polar surface area (TPSA) is 93.7 Å². The molecule has 1 rings (SSSR count). The van der Waals surface area contributed by atoms with Crippen LogP contribution in [0, 0.1) is 6.92 Å². The van der Waals surface area contributed by atoms with Crippen molar-refractivity contribution in [2.45, 2.75) is 65.2 Å². The standard InChI is InChI=1S/C19H27F3N2O5S/c1-6-9-10-13(25)23-18(19(20,21)22,17(27)29-8-3)24-15-14(16(26)28-5)12(7-2)11(4)30-15/h24H,6-10H2,1-5H3,(H,23,25)/t18-/m1/s1. The van der Waals surface area contributed by atoms with Crippen LogP contribution in [0.25, 0.3) is 0 Å². The molecular formula is C19H27F3N2O5S. The molecule has 2 N–H and O–H groups in total. The Hall–Kier alpha value is -2.30. The highest BCUT2D eigenvalue weighted by atomic mass is 32.1. The molecular weight excluding hydrogens is 425 g/mol. The first-order valence-corrected chi connectivity index (χ1v) is 10.3. The number of nitrogens with one attached hydrogen (secondary N) is 2. The van der Waals surface area contributed by atoms with Crippen molar-refractivity contribution in [1.82, 2.24) is 5.32 Å². The van der Waals surface area contributed by atoms with Crippen molar-refractivity contribution in [2.75, 3.05) is 19.0 Å². The maximum Gasteiger partial charge on any atom is 0.441 e. The van der Waals surface area contributed by atoms with E-state index in [0.29, 0.717) is 29.7 Å². The summed E-state index contributed by atoms with van der Waals surface area (Å²) < 4.78 is 52.1. The third kappa shape index (κ3) is 5.44. The Kier molecular flexibility index (Phi) is 9.13. The zero-order valence-electron chi connectivity index (χ0n) is 17.6. The van der Waals surface area contributed by atoms with Gasteiger partial charge in [0.05, 0.1) is 19.3 Å². The molecule has 0 saturated heterocycles. The van der Waals surface area contributed by atoms with Crippen LogP contribution in [0.5, 0.6) is 0 Å². The van der Waals surface area contributed by atoms with Crippen molar-refractivity contribution in [1.29, 1.82) is 0 Å². The first-order valence-electron chi connectivity index (χ1n) is 9.52. The van der Waals surface area contributed by atoms with Crippen molar-refractivity contribution in [2.24, 2.45) is 0 Å². The van der Waals surface area contributed by atoms with Crippen LogP contribution in [0.4, 0.5) is 18.2 Å². The van der Waals surface area contributed by atoms with E-state index in [0.717, 1.165) is 18.4 Å². The molecule has 11 heteroatoms. The Morgan fingerprint density at radius 2 is 1.77 bits per heavy atom. The highest BCUT2D eigenvalue weighted by molar-refractivity contribution is 7.16. The Bertz CT molecular complexity index is 779. The fourth-order valence-electron chi connectivity index (χ4n) is 2.82. The number of anilines is 1. The predicted octanol–water partition coefficient (Wildman–Crippen LogP) is 3.95. The lowest BCUT2D eigenvalue weighted by Gasteiger charge is -2.35. The van der Waals surface area contributed by atoms with Gasteiger partial charge in [-0.1, -0.05) is 20.3 Å². The maximum atomic E-state index is 14.2. The molecule has 0 spiro atoms. The van der Waals surface area contributed by atoms with Gasteiger partial charge in [0.25, 0.3) is 0 Å². The Labute approximate surface area is 177 Å². The van der Waals surface area contributed by atoms with Gasteiger partial charge in [0.2, 0.25) is 5.91 Å². The third-order valence-corrected chi connectivity index (χ3v) is 5.41. The minimum absolute atomic E-state index is 0.108. The van der Waals surface area contributed by atoms with Crippen LogP contribution >= 0.6 is 11.3 Å². The Morgan fingerprint density at radius 3 is 2.23 bits per heavy atom. The summed E-state index contributed by atoms with van der Waals surface area (Å²) in [5, 5.41) is 3.63. The molecule has 0 fully saturated rings. The van der Waals surface area contributed by atoms with Gasteiger partial charge in [-0.2, -0.15) is 13.2 Å². The number of esters is 2. The average Bonchev–Trinajstić information content (AvgIpc) is 2.98. The van der Waals surface area contributed by atoms with E-state index in [4.69, 9.17) is 4.74 Å². The van der Waals surface area contributed by atoms with Gasteiger partial charge < -0.3 is 20.1 Å². The van der Waals surface area contributed by atoms with Crippen molar-refractivity contribution >= 4 is 34.2 Å². The number of carbonyl (C=O) groups excluding carboxylic acids is 3. The van der Waals surface area contributed by atoms with E-state index in [1.54, 1.807) is 26.1 Å². The molecule has 1 aromatic rings. The van der Waals surface area contributed by atoms with Crippen molar-refractivity contribution in [3.63, 3.8) is 0 Å². The molecule has 0 aliphatic carbocycles. The number of amides is 1. The van der Waals surface area contributed by atoms with E-state index in [-0.39, 0.29) is 23.6 Å². The van der Waals surface area contributed by atoms with Gasteiger partial charge in [0, 0.05) is 11.3 Å². The second-order valence-corrected chi connectivity index (χ2v) is 7.66. The number of hydrogen-bond donors (Lipinski definition) is 2. The molecule has 7 nitrogen and oxygen atoms in total. The van der Waals surface area contributed by atoms with E-state index in [9.17, 15) is 27.6 Å². The molecule has 0 bridgehead atoms. The number of ether oxygens (including phenoxy) is 2. The molecule has 0 saturated carbocycles. The normalized spacial score (nSPS) is 13.3. The second kappa shape index (κ2) is 10.6. The van der Waals surface area contributed by atoms with Crippen LogP contribution in [0.2, 0.25) is 0 Å². The summed E-state index contributed by atoms with van der Waals surface area (Å²) in [4.78, 5) is 37.6. The molecule has 0 aliphatic rings. The fraction of sp³-hybridized carbons (Fsp3) is 0.632. The number of halogens is 3. The van der Waals surface area contributed by atoms with Gasteiger partial charge in [-0.3, -0.25) is 4.79 Å². The molecule has 0 unspecified atom stereocenters. The minimum Gasteiger partial charge on any atom is -0.465 e. The van der Waals surface area contributed by atoms with Gasteiger partial charge in [-0.05, 0) is 32.3 Å². The lowest BCUT2D eigenvalue weighted by molar-refractivity contribution is -0.207. The van der Waals surface area contributed by atoms with Crippen molar-refractivity contribution in [3.8, 4) is 0 Å². The Morgan fingerprint density at radius 1 is 1.13 bits per heavy atom. The van der Waals surface area contributed by atoms with E-state index < -0.39 is 29.7 Å². The first kappa shape index (κ1) is 25.7. The monoisotopic (exact) mass is 452 g/mol. The van der Waals surface area contributed by atoms with Gasteiger partial charge in [-0.15, -0.1) is 11.3 Å². The van der Waals surface area contributed by atoms with Crippen LogP contribution in [0.1, 0.15) is 60.8 Å². The Balaban J connectivity index is 3.61. The summed E-state index contributed by atoms with van der Waals surface area (Å²) in [5.41, 5.74) is -3.17. The van der Waals surface area contributed by atoms with Crippen molar-refractivity contribution in [3.05, 3.63) is 16.0 Å². The van der Waals surface area contributed by atoms with Gasteiger partial charge in [0.1, 0.15) is 5.00 Å². The first-order chi connectivity index (χ1) is 14.0. The van der Waals surface area contributed by atoms with Gasteiger partial charge in [0.15, 0.2) is 0 Å².